The average molecular weight is 355 g/mol. The highest BCUT2D eigenvalue weighted by Crippen LogP contribution is 2.60. The molecule has 3 nitrogen and oxygen atoms in total. The van der Waals surface area contributed by atoms with Crippen molar-refractivity contribution < 1.29 is 9.53 Å². The molecular formula is C19H17NO2S2. The summed E-state index contributed by atoms with van der Waals surface area (Å²) in [6.45, 7) is 0. The molecule has 0 aromatic heterocycles. The van der Waals surface area contributed by atoms with Crippen molar-refractivity contribution in [1.82, 2.24) is 0 Å². The Morgan fingerprint density at radius 1 is 1.25 bits per heavy atom. The largest absolute Gasteiger partial charge is 0.497 e. The molecule has 2 aromatic carbocycles. The molecule has 0 saturated heterocycles. The number of carbonyl (C=O) groups is 1. The number of methoxy groups -OCH3 is 1. The second-order valence-electron chi connectivity index (χ2n) is 6.00. The maximum atomic E-state index is 12.5. The van der Waals surface area contributed by atoms with Gasteiger partial charge in [-0.25, -0.2) is 0 Å². The van der Waals surface area contributed by atoms with E-state index < -0.39 is 5.54 Å². The quantitative estimate of drug-likeness (QED) is 0.810. The van der Waals surface area contributed by atoms with Crippen LogP contribution in [-0.2, 0) is 10.5 Å². The minimum Gasteiger partial charge on any atom is -0.497 e. The van der Waals surface area contributed by atoms with Gasteiger partial charge in [-0.05, 0) is 41.4 Å². The van der Waals surface area contributed by atoms with Crippen molar-refractivity contribution in [3.8, 4) is 5.75 Å². The number of ether oxygens (including phenoxy) is 1. The molecule has 4 rings (SSSR count). The summed E-state index contributed by atoms with van der Waals surface area (Å²) >= 11 is 2.96. The molecule has 1 saturated carbocycles. The highest BCUT2D eigenvalue weighted by atomic mass is 32.2. The summed E-state index contributed by atoms with van der Waals surface area (Å²) < 4.78 is 6.19. The minimum absolute atomic E-state index is 0.183. The van der Waals surface area contributed by atoms with Crippen molar-refractivity contribution in [3.63, 3.8) is 0 Å². The number of carbonyl (C=O) groups excluding carboxylic acids is 1. The lowest BCUT2D eigenvalue weighted by atomic mass is 10.1. The molecule has 2 atom stereocenters. The number of hydrogen-bond donors (Lipinski definition) is 0. The number of rotatable bonds is 4. The van der Waals surface area contributed by atoms with E-state index in [4.69, 9.17) is 9.73 Å². The molecule has 1 spiro atoms. The molecule has 1 heterocycles. The van der Waals surface area contributed by atoms with Crippen LogP contribution in [0, 0.1) is 0 Å². The predicted octanol–water partition coefficient (Wildman–Crippen LogP) is 4.48. The zero-order valence-corrected chi connectivity index (χ0v) is 14.9. The van der Waals surface area contributed by atoms with E-state index in [9.17, 15) is 4.79 Å². The van der Waals surface area contributed by atoms with Crippen LogP contribution in [-0.4, -0.2) is 22.1 Å². The van der Waals surface area contributed by atoms with Gasteiger partial charge in [-0.3, -0.25) is 9.79 Å². The van der Waals surface area contributed by atoms with Crippen LogP contribution in [0.1, 0.15) is 23.5 Å². The van der Waals surface area contributed by atoms with Crippen molar-refractivity contribution in [1.29, 1.82) is 0 Å². The van der Waals surface area contributed by atoms with E-state index in [-0.39, 0.29) is 11.0 Å². The van der Waals surface area contributed by atoms with E-state index in [1.54, 1.807) is 18.9 Å². The van der Waals surface area contributed by atoms with Gasteiger partial charge in [0, 0.05) is 11.7 Å². The van der Waals surface area contributed by atoms with Gasteiger partial charge in [-0.1, -0.05) is 54.2 Å². The van der Waals surface area contributed by atoms with E-state index in [0.29, 0.717) is 0 Å². The number of aliphatic imine (C=N–C) groups is 1. The summed E-state index contributed by atoms with van der Waals surface area (Å²) in [4.78, 5) is 17.3. The third kappa shape index (κ3) is 2.87. The Balaban J connectivity index is 1.48. The summed E-state index contributed by atoms with van der Waals surface area (Å²) in [6.07, 6.45) is 0.807. The summed E-state index contributed by atoms with van der Waals surface area (Å²) in [6, 6.07) is 18.2. The Kier molecular flexibility index (Phi) is 4.14. The molecule has 2 aliphatic rings. The third-order valence-electron chi connectivity index (χ3n) is 4.46. The van der Waals surface area contributed by atoms with Crippen molar-refractivity contribution in [2.45, 2.75) is 23.6 Å². The minimum atomic E-state index is -0.532. The van der Waals surface area contributed by atoms with Gasteiger partial charge in [-0.2, -0.15) is 0 Å². The Bertz CT molecular complexity index is 806. The fraction of sp³-hybridized carbons (Fsp3) is 0.263. The zero-order chi connectivity index (χ0) is 16.6. The lowest BCUT2D eigenvalue weighted by Crippen LogP contribution is -2.14. The number of nitrogens with zero attached hydrogens (tertiary/aromatic N) is 1. The van der Waals surface area contributed by atoms with Crippen molar-refractivity contribution in [2.75, 3.05) is 7.11 Å². The van der Waals surface area contributed by atoms with Gasteiger partial charge in [0.15, 0.2) is 0 Å². The highest BCUT2D eigenvalue weighted by Gasteiger charge is 2.64. The third-order valence-corrected chi connectivity index (χ3v) is 6.68. The van der Waals surface area contributed by atoms with Gasteiger partial charge in [0.05, 0.1) is 7.11 Å². The van der Waals surface area contributed by atoms with Gasteiger partial charge in [0.25, 0.3) is 0 Å². The van der Waals surface area contributed by atoms with Crippen LogP contribution in [0.5, 0.6) is 5.75 Å². The monoisotopic (exact) mass is 355 g/mol. The Hall–Kier alpha value is -1.72. The normalized spacial score (nSPS) is 25.0. The summed E-state index contributed by atoms with van der Waals surface area (Å²) in [5.41, 5.74) is 1.86. The fourth-order valence-electron chi connectivity index (χ4n) is 3.03. The lowest BCUT2D eigenvalue weighted by molar-refractivity contribution is -0.112. The number of thioether (sulfide) groups is 2. The molecular weight excluding hydrogens is 338 g/mol. The van der Waals surface area contributed by atoms with Crippen LogP contribution in [0.3, 0.4) is 0 Å². The van der Waals surface area contributed by atoms with Crippen LogP contribution in [0.25, 0.3) is 0 Å². The average Bonchev–Trinajstić information content (AvgIpc) is 3.27. The van der Waals surface area contributed by atoms with E-state index in [0.717, 1.165) is 27.9 Å². The molecule has 0 unspecified atom stereocenters. The van der Waals surface area contributed by atoms with E-state index in [1.165, 1.54) is 17.3 Å². The molecule has 1 aliphatic heterocycles. The SMILES string of the molecule is COc1cccc([C@H]2C[C@@]23N=C(SCc2ccccc2)SC3=O)c1. The van der Waals surface area contributed by atoms with Crippen molar-refractivity contribution in [2.24, 2.45) is 4.99 Å². The first-order chi connectivity index (χ1) is 11.7. The van der Waals surface area contributed by atoms with Gasteiger partial charge in [0.2, 0.25) is 5.12 Å². The zero-order valence-electron chi connectivity index (χ0n) is 13.3. The van der Waals surface area contributed by atoms with Crippen LogP contribution in [0.15, 0.2) is 59.6 Å². The maximum Gasteiger partial charge on any atom is 0.223 e. The molecule has 122 valence electrons. The first kappa shape index (κ1) is 15.8. The molecule has 1 aliphatic carbocycles. The molecule has 0 radical (unpaired) electrons. The van der Waals surface area contributed by atoms with Gasteiger partial charge in [0.1, 0.15) is 15.7 Å². The number of hydrogen-bond acceptors (Lipinski definition) is 5. The van der Waals surface area contributed by atoms with Crippen molar-refractivity contribution >= 4 is 33.0 Å². The second-order valence-corrected chi connectivity index (χ2v) is 8.18. The fourth-order valence-corrected chi connectivity index (χ4v) is 5.20. The number of benzene rings is 2. The molecule has 0 amide bonds. The van der Waals surface area contributed by atoms with Gasteiger partial charge >= 0.3 is 0 Å². The van der Waals surface area contributed by atoms with E-state index in [1.807, 2.05) is 36.4 Å². The van der Waals surface area contributed by atoms with Crippen LogP contribution in [0.4, 0.5) is 0 Å². The first-order valence-electron chi connectivity index (χ1n) is 7.84. The maximum absolute atomic E-state index is 12.5. The van der Waals surface area contributed by atoms with Gasteiger partial charge in [-0.15, -0.1) is 0 Å². The predicted molar refractivity (Wildman–Crippen MR) is 101 cm³/mol. The first-order valence-corrected chi connectivity index (χ1v) is 9.64. The lowest BCUT2D eigenvalue weighted by Gasteiger charge is -2.06. The molecule has 0 N–H and O–H groups in total. The second kappa shape index (κ2) is 6.30. The highest BCUT2D eigenvalue weighted by molar-refractivity contribution is 8.45. The smallest absolute Gasteiger partial charge is 0.223 e. The molecule has 1 fully saturated rings. The van der Waals surface area contributed by atoms with E-state index in [2.05, 4.69) is 18.2 Å². The van der Waals surface area contributed by atoms with Gasteiger partial charge < -0.3 is 4.74 Å². The van der Waals surface area contributed by atoms with Crippen LogP contribution < -0.4 is 4.74 Å². The topological polar surface area (TPSA) is 38.7 Å². The molecule has 0 bridgehead atoms. The standard InChI is InChI=1S/C19H17NO2S2/c1-22-15-9-5-8-14(10-15)16-11-19(16)17(21)24-18(20-19)23-12-13-6-3-2-4-7-13/h2-10,16H,11-12H2,1H3/t16-,19-/m1/s1. The summed E-state index contributed by atoms with van der Waals surface area (Å²) in [7, 11) is 1.66. The van der Waals surface area contributed by atoms with Crippen molar-refractivity contribution in [3.05, 3.63) is 65.7 Å². The molecule has 5 heteroatoms. The van der Waals surface area contributed by atoms with Crippen LogP contribution >= 0.6 is 23.5 Å². The Morgan fingerprint density at radius 3 is 2.88 bits per heavy atom. The summed E-state index contributed by atoms with van der Waals surface area (Å²) in [5.74, 6) is 1.86. The molecule has 24 heavy (non-hydrogen) atoms. The Labute approximate surface area is 149 Å². The molecule has 2 aromatic rings. The Morgan fingerprint density at radius 2 is 2.08 bits per heavy atom. The van der Waals surface area contributed by atoms with Crippen LogP contribution in [0.2, 0.25) is 0 Å². The van der Waals surface area contributed by atoms with E-state index >= 15 is 0 Å². The summed E-state index contributed by atoms with van der Waals surface area (Å²) in [5, 5.41) is 0.186.